The van der Waals surface area contributed by atoms with E-state index in [9.17, 15) is 8.78 Å². The van der Waals surface area contributed by atoms with Crippen molar-refractivity contribution in [1.29, 1.82) is 0 Å². The molecule has 0 saturated heterocycles. The third kappa shape index (κ3) is 2.73. The van der Waals surface area contributed by atoms with Crippen LogP contribution >= 0.6 is 0 Å². The minimum Gasteiger partial charge on any atom is -0.372 e. The summed E-state index contributed by atoms with van der Waals surface area (Å²) in [6.45, 7) is 1.44. The van der Waals surface area contributed by atoms with Gasteiger partial charge in [0.1, 0.15) is 18.1 Å². The van der Waals surface area contributed by atoms with Crippen LogP contribution in [0.15, 0.2) is 48.7 Å². The van der Waals surface area contributed by atoms with Crippen molar-refractivity contribution < 1.29 is 13.5 Å². The van der Waals surface area contributed by atoms with Crippen LogP contribution in [0.1, 0.15) is 5.69 Å². The Labute approximate surface area is 126 Å². The first-order valence-electron chi connectivity index (χ1n) is 6.52. The van der Waals surface area contributed by atoms with Gasteiger partial charge in [-0.1, -0.05) is 12.1 Å². The van der Waals surface area contributed by atoms with Crippen molar-refractivity contribution >= 4 is 0 Å². The van der Waals surface area contributed by atoms with E-state index in [1.165, 1.54) is 36.7 Å². The highest BCUT2D eigenvalue weighted by atomic mass is 19.1. The van der Waals surface area contributed by atoms with Crippen LogP contribution in [0.3, 0.4) is 0 Å². The molecule has 0 saturated carbocycles. The van der Waals surface area contributed by atoms with Crippen molar-refractivity contribution in [2.75, 3.05) is 7.11 Å². The summed E-state index contributed by atoms with van der Waals surface area (Å²) in [5, 5.41) is 4.30. The number of rotatable bonds is 4. The summed E-state index contributed by atoms with van der Waals surface area (Å²) >= 11 is 0. The van der Waals surface area contributed by atoms with Crippen LogP contribution < -0.4 is 0 Å². The second kappa shape index (κ2) is 6.03. The van der Waals surface area contributed by atoms with E-state index in [1.807, 2.05) is 0 Å². The average Bonchev–Trinajstić information content (AvgIpc) is 2.93. The Morgan fingerprint density at radius 3 is 2.64 bits per heavy atom. The Hall–Kier alpha value is -2.60. The second-order valence-corrected chi connectivity index (χ2v) is 4.54. The zero-order valence-corrected chi connectivity index (χ0v) is 11.7. The Kier molecular flexibility index (Phi) is 3.93. The van der Waals surface area contributed by atoms with Crippen LogP contribution in [-0.2, 0) is 4.74 Å². The van der Waals surface area contributed by atoms with Gasteiger partial charge in [0, 0.05) is 18.9 Å². The molecule has 0 aliphatic heterocycles. The number of methoxy groups -OCH3 is 1. The maximum atomic E-state index is 14.1. The average molecular weight is 300 g/mol. The molecule has 22 heavy (non-hydrogen) atoms. The minimum atomic E-state index is -0.579. The number of para-hydroxylation sites is 1. The van der Waals surface area contributed by atoms with Crippen molar-refractivity contribution in [3.63, 3.8) is 0 Å². The maximum absolute atomic E-state index is 14.1. The highest BCUT2D eigenvalue weighted by molar-refractivity contribution is 5.62. The summed E-state index contributed by atoms with van der Waals surface area (Å²) in [5.74, 6) is -0.990. The normalized spacial score (nSPS) is 10.9. The number of hydrogen-bond donors (Lipinski definition) is 0. The molecule has 111 valence electrons. The fourth-order valence-corrected chi connectivity index (χ4v) is 2.12. The van der Waals surface area contributed by atoms with Crippen LogP contribution in [0.5, 0.6) is 0 Å². The van der Waals surface area contributed by atoms with E-state index in [4.69, 9.17) is 4.74 Å². The molecule has 0 bridgehead atoms. The Balaban J connectivity index is 2.16. The Bertz CT molecular complexity index is 784. The molecule has 4 nitrogen and oxygen atoms in total. The summed E-state index contributed by atoms with van der Waals surface area (Å²) < 4.78 is 33.4. The molecule has 0 spiro atoms. The molecule has 1 aromatic carbocycles. The quantitative estimate of drug-likeness (QED) is 0.694. The molecule has 0 atom stereocenters. The Morgan fingerprint density at radius 1 is 1.14 bits per heavy atom. The largest absolute Gasteiger partial charge is 0.372 e. The highest BCUT2D eigenvalue weighted by Crippen LogP contribution is 2.25. The molecule has 1 radical (unpaired) electrons. The molecule has 3 rings (SSSR count). The predicted molar refractivity (Wildman–Crippen MR) is 77.1 cm³/mol. The van der Waals surface area contributed by atoms with Gasteiger partial charge < -0.3 is 4.74 Å². The third-order valence-electron chi connectivity index (χ3n) is 3.07. The zero-order valence-electron chi connectivity index (χ0n) is 11.7. The molecule has 6 heteroatoms. The minimum absolute atomic E-state index is 0.289. The molecule has 3 aromatic rings. The van der Waals surface area contributed by atoms with Gasteiger partial charge in [-0.05, 0) is 30.3 Å². The summed E-state index contributed by atoms with van der Waals surface area (Å²) in [4.78, 5) is 3.62. The molecule has 2 heterocycles. The smallest absolute Gasteiger partial charge is 0.212 e. The van der Waals surface area contributed by atoms with Gasteiger partial charge in [0.15, 0.2) is 0 Å². The molecule has 0 aliphatic carbocycles. The lowest BCUT2D eigenvalue weighted by Crippen LogP contribution is -2.02. The van der Waals surface area contributed by atoms with Crippen molar-refractivity contribution in [1.82, 2.24) is 14.8 Å². The molecular formula is C16H12F2N3O. The van der Waals surface area contributed by atoms with Crippen LogP contribution in [0.25, 0.3) is 16.9 Å². The molecule has 0 amide bonds. The van der Waals surface area contributed by atoms with Crippen molar-refractivity contribution in [3.8, 4) is 16.9 Å². The number of halogens is 2. The number of benzene rings is 1. The SMILES string of the molecule is CO[CH]c1cc(-c2ccc(F)nc2)n(-c2ccccc2F)n1. The zero-order chi connectivity index (χ0) is 15.5. The number of pyridine rings is 1. The topological polar surface area (TPSA) is 39.9 Å². The summed E-state index contributed by atoms with van der Waals surface area (Å²) in [5.41, 5.74) is 2.01. The summed E-state index contributed by atoms with van der Waals surface area (Å²) in [7, 11) is 1.50. The standard InChI is InChI=1S/C16H12F2N3O/c1-22-10-12-8-15(11-6-7-16(18)19-9-11)21(20-12)14-5-3-2-4-13(14)17/h2-10H,1H3. The molecular weight excluding hydrogens is 288 g/mol. The van der Waals surface area contributed by atoms with Gasteiger partial charge in [-0.15, -0.1) is 0 Å². The van der Waals surface area contributed by atoms with Crippen molar-refractivity contribution in [2.45, 2.75) is 0 Å². The van der Waals surface area contributed by atoms with E-state index in [1.54, 1.807) is 30.3 Å². The first-order chi connectivity index (χ1) is 10.7. The van der Waals surface area contributed by atoms with Gasteiger partial charge in [0.25, 0.3) is 0 Å². The van der Waals surface area contributed by atoms with Gasteiger partial charge in [-0.2, -0.15) is 9.49 Å². The fraction of sp³-hybridized carbons (Fsp3) is 0.0625. The highest BCUT2D eigenvalue weighted by Gasteiger charge is 2.15. The van der Waals surface area contributed by atoms with Crippen LogP contribution in [0.4, 0.5) is 8.78 Å². The summed E-state index contributed by atoms with van der Waals surface area (Å²) in [6.07, 6.45) is 1.38. The van der Waals surface area contributed by atoms with E-state index in [-0.39, 0.29) is 5.69 Å². The second-order valence-electron chi connectivity index (χ2n) is 4.54. The molecule has 0 aliphatic rings. The predicted octanol–water partition coefficient (Wildman–Crippen LogP) is 3.37. The number of nitrogens with zero attached hydrogens (tertiary/aromatic N) is 3. The molecule has 0 N–H and O–H groups in total. The Morgan fingerprint density at radius 2 is 1.95 bits per heavy atom. The van der Waals surface area contributed by atoms with Gasteiger partial charge >= 0.3 is 0 Å². The first kappa shape index (κ1) is 14.3. The van der Waals surface area contributed by atoms with Crippen LogP contribution in [-0.4, -0.2) is 21.9 Å². The van der Waals surface area contributed by atoms with E-state index in [0.29, 0.717) is 17.0 Å². The van der Waals surface area contributed by atoms with Crippen molar-refractivity contribution in [3.05, 3.63) is 72.7 Å². The van der Waals surface area contributed by atoms with Gasteiger partial charge in [-0.25, -0.2) is 14.1 Å². The van der Waals surface area contributed by atoms with Gasteiger partial charge in [0.2, 0.25) is 5.95 Å². The lowest BCUT2D eigenvalue weighted by Gasteiger charge is -2.08. The lowest BCUT2D eigenvalue weighted by atomic mass is 10.2. The van der Waals surface area contributed by atoms with E-state index >= 15 is 0 Å². The van der Waals surface area contributed by atoms with Crippen LogP contribution in [0.2, 0.25) is 0 Å². The maximum Gasteiger partial charge on any atom is 0.212 e. The number of ether oxygens (including phenoxy) is 1. The summed E-state index contributed by atoms with van der Waals surface area (Å²) in [6, 6.07) is 10.8. The first-order valence-corrected chi connectivity index (χ1v) is 6.52. The number of hydrogen-bond acceptors (Lipinski definition) is 3. The van der Waals surface area contributed by atoms with Gasteiger partial charge in [-0.3, -0.25) is 0 Å². The van der Waals surface area contributed by atoms with E-state index in [2.05, 4.69) is 10.1 Å². The van der Waals surface area contributed by atoms with Crippen molar-refractivity contribution in [2.24, 2.45) is 0 Å². The van der Waals surface area contributed by atoms with Crippen LogP contribution in [0, 0.1) is 18.4 Å². The van der Waals surface area contributed by atoms with Gasteiger partial charge in [0.05, 0.1) is 11.4 Å². The van der Waals surface area contributed by atoms with E-state index < -0.39 is 11.8 Å². The number of aromatic nitrogens is 3. The fourth-order valence-electron chi connectivity index (χ4n) is 2.12. The van der Waals surface area contributed by atoms with E-state index in [0.717, 1.165) is 0 Å². The lowest BCUT2D eigenvalue weighted by molar-refractivity contribution is 0.289. The monoisotopic (exact) mass is 300 g/mol. The third-order valence-corrected chi connectivity index (χ3v) is 3.07. The molecule has 0 unspecified atom stereocenters. The molecule has 2 aromatic heterocycles. The molecule has 0 fully saturated rings.